The van der Waals surface area contributed by atoms with Gasteiger partial charge in [-0.3, -0.25) is 4.79 Å². The first-order valence-corrected chi connectivity index (χ1v) is 7.09. The third-order valence-electron chi connectivity index (χ3n) is 4.16. The van der Waals surface area contributed by atoms with Crippen molar-refractivity contribution in [2.75, 3.05) is 13.1 Å². The fourth-order valence-electron chi connectivity index (χ4n) is 2.82. The van der Waals surface area contributed by atoms with Gasteiger partial charge in [0.15, 0.2) is 11.5 Å². The largest absolute Gasteiger partial charge is 0.504 e. The molecular weight excluding hydrogens is 256 g/mol. The maximum atomic E-state index is 12.5. The van der Waals surface area contributed by atoms with Crippen molar-refractivity contribution in [3.63, 3.8) is 0 Å². The third-order valence-corrected chi connectivity index (χ3v) is 4.16. The van der Waals surface area contributed by atoms with Crippen LogP contribution < -0.4 is 5.73 Å². The molecule has 2 unspecified atom stereocenters. The zero-order valence-electron chi connectivity index (χ0n) is 11.7. The number of nitrogens with zero attached hydrogens (tertiary/aromatic N) is 1. The average Bonchev–Trinajstić information content (AvgIpc) is 2.48. The molecule has 0 saturated carbocycles. The Labute approximate surface area is 119 Å². The Bertz CT molecular complexity index is 490. The number of aromatic hydroxyl groups is 2. The van der Waals surface area contributed by atoms with Crippen LogP contribution in [-0.4, -0.2) is 40.2 Å². The smallest absolute Gasteiger partial charge is 0.254 e. The predicted molar refractivity (Wildman–Crippen MR) is 76.7 cm³/mol. The van der Waals surface area contributed by atoms with Crippen LogP contribution >= 0.6 is 0 Å². The van der Waals surface area contributed by atoms with E-state index < -0.39 is 0 Å². The van der Waals surface area contributed by atoms with Gasteiger partial charge in [-0.15, -0.1) is 0 Å². The molecule has 0 radical (unpaired) electrons. The first-order valence-electron chi connectivity index (χ1n) is 7.09. The molecule has 1 aromatic carbocycles. The van der Waals surface area contributed by atoms with Crippen molar-refractivity contribution >= 4 is 5.91 Å². The third kappa shape index (κ3) is 2.88. The lowest BCUT2D eigenvalue weighted by Gasteiger charge is -2.39. The maximum Gasteiger partial charge on any atom is 0.254 e. The summed E-state index contributed by atoms with van der Waals surface area (Å²) in [7, 11) is 0. The van der Waals surface area contributed by atoms with E-state index in [1.54, 1.807) is 4.90 Å². The van der Waals surface area contributed by atoms with Gasteiger partial charge in [-0.25, -0.2) is 0 Å². The van der Waals surface area contributed by atoms with Gasteiger partial charge in [-0.05, 0) is 37.0 Å². The first kappa shape index (κ1) is 14.7. The lowest BCUT2D eigenvalue weighted by Crippen LogP contribution is -2.49. The molecule has 0 spiro atoms. The number of hydrogen-bond acceptors (Lipinski definition) is 4. The molecule has 0 aliphatic carbocycles. The van der Waals surface area contributed by atoms with Crippen molar-refractivity contribution in [1.82, 2.24) is 4.90 Å². The highest BCUT2D eigenvalue weighted by molar-refractivity contribution is 5.95. The molecule has 1 amide bonds. The molecule has 1 saturated heterocycles. The van der Waals surface area contributed by atoms with E-state index in [2.05, 4.69) is 6.92 Å². The summed E-state index contributed by atoms with van der Waals surface area (Å²) in [5, 5.41) is 18.8. The highest BCUT2D eigenvalue weighted by atomic mass is 16.3. The summed E-state index contributed by atoms with van der Waals surface area (Å²) in [4.78, 5) is 14.3. The average molecular weight is 278 g/mol. The van der Waals surface area contributed by atoms with Crippen LogP contribution in [0, 0.1) is 5.92 Å². The summed E-state index contributed by atoms with van der Waals surface area (Å²) in [6, 6.07) is 4.21. The van der Waals surface area contributed by atoms with Gasteiger partial charge in [0, 0.05) is 24.7 Å². The minimum absolute atomic E-state index is 0.0529. The van der Waals surface area contributed by atoms with Gasteiger partial charge in [0.25, 0.3) is 5.91 Å². The van der Waals surface area contributed by atoms with E-state index in [1.165, 1.54) is 18.2 Å². The Morgan fingerprint density at radius 3 is 2.75 bits per heavy atom. The zero-order valence-corrected chi connectivity index (χ0v) is 11.7. The molecule has 0 aromatic heterocycles. The minimum Gasteiger partial charge on any atom is -0.504 e. The van der Waals surface area contributed by atoms with Crippen molar-refractivity contribution in [3.05, 3.63) is 23.8 Å². The van der Waals surface area contributed by atoms with Crippen molar-refractivity contribution in [2.45, 2.75) is 32.2 Å². The maximum absolute atomic E-state index is 12.5. The van der Waals surface area contributed by atoms with Gasteiger partial charge >= 0.3 is 0 Å². The van der Waals surface area contributed by atoms with Gasteiger partial charge in [0.1, 0.15) is 0 Å². The molecule has 1 aliphatic rings. The number of phenols is 2. The van der Waals surface area contributed by atoms with Gasteiger partial charge in [0.2, 0.25) is 0 Å². The van der Waals surface area contributed by atoms with Crippen molar-refractivity contribution < 1.29 is 15.0 Å². The van der Waals surface area contributed by atoms with Crippen LogP contribution in [0.5, 0.6) is 11.5 Å². The molecule has 5 nitrogen and oxygen atoms in total. The summed E-state index contributed by atoms with van der Waals surface area (Å²) in [6.07, 6.45) is 3.03. The summed E-state index contributed by atoms with van der Waals surface area (Å²) in [6.45, 7) is 3.31. The Hall–Kier alpha value is -1.75. The molecule has 1 fully saturated rings. The number of carbonyl (C=O) groups is 1. The van der Waals surface area contributed by atoms with Crippen LogP contribution in [0.2, 0.25) is 0 Å². The zero-order chi connectivity index (χ0) is 14.7. The first-order chi connectivity index (χ1) is 9.56. The van der Waals surface area contributed by atoms with Gasteiger partial charge in [-0.2, -0.15) is 0 Å². The summed E-state index contributed by atoms with van der Waals surface area (Å²) in [5.41, 5.74) is 6.18. The second-order valence-electron chi connectivity index (χ2n) is 5.39. The van der Waals surface area contributed by atoms with E-state index in [4.69, 9.17) is 5.73 Å². The number of carbonyl (C=O) groups excluding carboxylic acids is 1. The Balaban J connectivity index is 2.17. The van der Waals surface area contributed by atoms with Crippen molar-refractivity contribution in [2.24, 2.45) is 11.7 Å². The number of piperidine rings is 1. The minimum atomic E-state index is -0.274. The second kappa shape index (κ2) is 6.13. The normalized spacial score (nSPS) is 22.8. The number of hydrogen-bond donors (Lipinski definition) is 3. The van der Waals surface area contributed by atoms with Crippen LogP contribution in [-0.2, 0) is 0 Å². The van der Waals surface area contributed by atoms with E-state index in [9.17, 15) is 15.0 Å². The van der Waals surface area contributed by atoms with Crippen molar-refractivity contribution in [3.8, 4) is 11.5 Å². The standard InChI is InChI=1S/C15H22N2O3/c1-2-10-5-6-17(12(7-10)9-16)15(20)11-3-4-13(18)14(19)8-11/h3-4,8,10,12,18-19H,2,5-7,9,16H2,1H3. The molecule has 0 bridgehead atoms. The molecule has 5 heteroatoms. The molecule has 1 aromatic rings. The molecule has 1 aliphatic heterocycles. The fourth-order valence-corrected chi connectivity index (χ4v) is 2.82. The van der Waals surface area contributed by atoms with E-state index in [1.807, 2.05) is 0 Å². The molecular formula is C15H22N2O3. The number of nitrogens with two attached hydrogens (primary N) is 1. The summed E-state index contributed by atoms with van der Waals surface area (Å²) >= 11 is 0. The number of amides is 1. The van der Waals surface area contributed by atoms with Gasteiger partial charge < -0.3 is 20.8 Å². The molecule has 1 heterocycles. The van der Waals surface area contributed by atoms with Gasteiger partial charge in [-0.1, -0.05) is 13.3 Å². The highest BCUT2D eigenvalue weighted by Gasteiger charge is 2.30. The van der Waals surface area contributed by atoms with Crippen LogP contribution in [0.15, 0.2) is 18.2 Å². The molecule has 4 N–H and O–H groups in total. The van der Waals surface area contributed by atoms with Crippen LogP contribution in [0.4, 0.5) is 0 Å². The highest BCUT2D eigenvalue weighted by Crippen LogP contribution is 2.29. The number of benzene rings is 1. The number of rotatable bonds is 3. The van der Waals surface area contributed by atoms with Crippen LogP contribution in [0.3, 0.4) is 0 Å². The fraction of sp³-hybridized carbons (Fsp3) is 0.533. The second-order valence-corrected chi connectivity index (χ2v) is 5.39. The number of likely N-dealkylation sites (tertiary alicyclic amines) is 1. The summed E-state index contributed by atoms with van der Waals surface area (Å²) < 4.78 is 0. The lowest BCUT2D eigenvalue weighted by atomic mass is 9.88. The van der Waals surface area contributed by atoms with E-state index in [0.717, 1.165) is 19.3 Å². The van der Waals surface area contributed by atoms with Crippen molar-refractivity contribution in [1.29, 1.82) is 0 Å². The van der Waals surface area contributed by atoms with E-state index in [-0.39, 0.29) is 23.4 Å². The lowest BCUT2D eigenvalue weighted by molar-refractivity contribution is 0.0558. The summed E-state index contributed by atoms with van der Waals surface area (Å²) in [5.74, 6) is -0.00340. The molecule has 20 heavy (non-hydrogen) atoms. The van der Waals surface area contributed by atoms with Crippen LogP contribution in [0.1, 0.15) is 36.5 Å². The molecule has 2 atom stereocenters. The van der Waals surface area contributed by atoms with Gasteiger partial charge in [0.05, 0.1) is 0 Å². The monoisotopic (exact) mass is 278 g/mol. The SMILES string of the molecule is CCC1CCN(C(=O)c2ccc(O)c(O)c2)C(CN)C1. The number of phenolic OH excluding ortho intramolecular Hbond substituents is 2. The van der Waals surface area contributed by atoms with E-state index in [0.29, 0.717) is 24.6 Å². The predicted octanol–water partition coefficient (Wildman–Crippen LogP) is 1.69. The Kier molecular flexibility index (Phi) is 4.49. The topological polar surface area (TPSA) is 86.8 Å². The van der Waals surface area contributed by atoms with Crippen LogP contribution in [0.25, 0.3) is 0 Å². The Morgan fingerprint density at radius 1 is 1.40 bits per heavy atom. The van der Waals surface area contributed by atoms with E-state index >= 15 is 0 Å². The Morgan fingerprint density at radius 2 is 2.15 bits per heavy atom. The molecule has 2 rings (SSSR count). The molecule has 110 valence electrons. The quantitative estimate of drug-likeness (QED) is 0.734.